The number of hydrogen-bond donors (Lipinski definition) is 0. The standard InChI is InChI=1S/C22H16F3N5O2/c23-22(24,25)16-5-2-6-17(11-16)30-20-19(13-28-30)21(31)29(14-27-20)8-3-9-32-18-7-1-4-15(10-18)12-26/h1-2,4-7,10-11,13-14H,3,8-9H2. The van der Waals surface area contributed by atoms with Crippen LogP contribution in [0.15, 0.2) is 65.8 Å². The highest BCUT2D eigenvalue weighted by molar-refractivity contribution is 5.75. The zero-order chi connectivity index (χ0) is 22.7. The van der Waals surface area contributed by atoms with Gasteiger partial charge in [0.2, 0.25) is 0 Å². The van der Waals surface area contributed by atoms with Crippen molar-refractivity contribution in [2.45, 2.75) is 19.1 Å². The summed E-state index contributed by atoms with van der Waals surface area (Å²) in [5.41, 5.74) is -0.333. The number of fused-ring (bicyclic) bond motifs is 1. The Balaban J connectivity index is 1.50. The van der Waals surface area contributed by atoms with E-state index in [1.54, 1.807) is 24.3 Å². The van der Waals surface area contributed by atoms with Crippen molar-refractivity contribution in [3.05, 3.63) is 82.5 Å². The molecule has 0 saturated carbocycles. The normalized spacial score (nSPS) is 11.4. The topological polar surface area (TPSA) is 85.7 Å². The summed E-state index contributed by atoms with van der Waals surface area (Å²) in [6.45, 7) is 0.650. The van der Waals surface area contributed by atoms with E-state index >= 15 is 0 Å². The number of nitrogens with zero attached hydrogens (tertiary/aromatic N) is 5. The van der Waals surface area contributed by atoms with Crippen molar-refractivity contribution in [1.82, 2.24) is 19.3 Å². The second kappa shape index (κ2) is 8.55. The molecule has 7 nitrogen and oxygen atoms in total. The van der Waals surface area contributed by atoms with Crippen LogP contribution in [0.3, 0.4) is 0 Å². The molecule has 2 heterocycles. The largest absolute Gasteiger partial charge is 0.493 e. The molecule has 0 aliphatic rings. The van der Waals surface area contributed by atoms with Crippen molar-refractivity contribution in [2.24, 2.45) is 0 Å². The van der Waals surface area contributed by atoms with Gasteiger partial charge in [0.1, 0.15) is 11.1 Å². The van der Waals surface area contributed by atoms with Crippen molar-refractivity contribution < 1.29 is 17.9 Å². The molecule has 32 heavy (non-hydrogen) atoms. The second-order valence-electron chi connectivity index (χ2n) is 6.93. The van der Waals surface area contributed by atoms with Crippen molar-refractivity contribution in [2.75, 3.05) is 6.61 Å². The Kier molecular flexibility index (Phi) is 5.64. The van der Waals surface area contributed by atoms with Crippen molar-refractivity contribution in [3.63, 3.8) is 0 Å². The molecule has 0 atom stereocenters. The van der Waals surface area contributed by atoms with Gasteiger partial charge in [-0.2, -0.15) is 23.5 Å². The van der Waals surface area contributed by atoms with Crippen LogP contribution in [-0.4, -0.2) is 25.9 Å². The lowest BCUT2D eigenvalue weighted by atomic mass is 10.2. The lowest BCUT2D eigenvalue weighted by molar-refractivity contribution is -0.137. The van der Waals surface area contributed by atoms with E-state index in [0.29, 0.717) is 30.9 Å². The van der Waals surface area contributed by atoms with E-state index in [9.17, 15) is 18.0 Å². The molecule has 2 aromatic carbocycles. The second-order valence-corrected chi connectivity index (χ2v) is 6.93. The summed E-state index contributed by atoms with van der Waals surface area (Å²) in [5, 5.41) is 13.2. The molecule has 0 unspecified atom stereocenters. The molecule has 0 saturated heterocycles. The van der Waals surface area contributed by atoms with Gasteiger partial charge in [0.25, 0.3) is 5.56 Å². The Morgan fingerprint density at radius 1 is 1.12 bits per heavy atom. The van der Waals surface area contributed by atoms with Crippen molar-refractivity contribution >= 4 is 11.0 Å². The molecule has 4 rings (SSSR count). The van der Waals surface area contributed by atoms with Gasteiger partial charge in [-0.25, -0.2) is 9.67 Å². The number of halogens is 3. The maximum absolute atomic E-state index is 13.0. The fraction of sp³-hybridized carbons (Fsp3) is 0.182. The molecular weight excluding hydrogens is 423 g/mol. The van der Waals surface area contributed by atoms with E-state index in [2.05, 4.69) is 10.1 Å². The van der Waals surface area contributed by atoms with E-state index in [1.165, 1.54) is 33.9 Å². The summed E-state index contributed by atoms with van der Waals surface area (Å²) in [6, 6.07) is 13.5. The van der Waals surface area contributed by atoms with Gasteiger partial charge in [-0.15, -0.1) is 0 Å². The highest BCUT2D eigenvalue weighted by Crippen LogP contribution is 2.30. The SMILES string of the molecule is N#Cc1cccc(OCCCn2cnc3c(cnn3-c3cccc(C(F)(F)F)c3)c2=O)c1. The van der Waals surface area contributed by atoms with Crippen LogP contribution in [0.4, 0.5) is 13.2 Å². The average Bonchev–Trinajstić information content (AvgIpc) is 3.23. The van der Waals surface area contributed by atoms with Crippen molar-refractivity contribution in [3.8, 4) is 17.5 Å². The third-order valence-corrected chi connectivity index (χ3v) is 4.75. The van der Waals surface area contributed by atoms with E-state index in [1.807, 2.05) is 6.07 Å². The highest BCUT2D eigenvalue weighted by atomic mass is 19.4. The van der Waals surface area contributed by atoms with Gasteiger partial charge in [0.15, 0.2) is 5.65 Å². The molecule has 10 heteroatoms. The molecule has 0 spiro atoms. The van der Waals surface area contributed by atoms with Crippen LogP contribution in [0.2, 0.25) is 0 Å². The quantitative estimate of drug-likeness (QED) is 0.425. The Morgan fingerprint density at radius 3 is 2.72 bits per heavy atom. The number of aromatic nitrogens is 4. The number of ether oxygens (including phenoxy) is 1. The molecule has 0 bridgehead atoms. The first-order valence-corrected chi connectivity index (χ1v) is 9.60. The minimum absolute atomic E-state index is 0.160. The smallest absolute Gasteiger partial charge is 0.416 e. The monoisotopic (exact) mass is 439 g/mol. The van der Waals surface area contributed by atoms with Gasteiger partial charge >= 0.3 is 6.18 Å². The Labute approximate surface area is 179 Å². The Morgan fingerprint density at radius 2 is 1.94 bits per heavy atom. The van der Waals surface area contributed by atoms with Crippen LogP contribution in [0, 0.1) is 11.3 Å². The predicted octanol–water partition coefficient (Wildman–Crippen LogP) is 3.94. The summed E-state index contributed by atoms with van der Waals surface area (Å²) in [4.78, 5) is 17.0. The average molecular weight is 439 g/mol. The number of rotatable bonds is 6. The Hall–Kier alpha value is -4.13. The zero-order valence-corrected chi connectivity index (χ0v) is 16.6. The first-order chi connectivity index (χ1) is 15.4. The van der Waals surface area contributed by atoms with Gasteiger partial charge in [-0.05, 0) is 42.8 Å². The van der Waals surface area contributed by atoms with E-state index in [0.717, 1.165) is 12.1 Å². The molecule has 0 radical (unpaired) electrons. The van der Waals surface area contributed by atoms with Crippen LogP contribution in [0.25, 0.3) is 16.7 Å². The van der Waals surface area contributed by atoms with Crippen LogP contribution in [-0.2, 0) is 12.7 Å². The summed E-state index contributed by atoms with van der Waals surface area (Å²) < 4.78 is 47.2. The van der Waals surface area contributed by atoms with Crippen LogP contribution < -0.4 is 10.3 Å². The van der Waals surface area contributed by atoms with Gasteiger partial charge in [0.05, 0.1) is 42.0 Å². The molecule has 0 aliphatic heterocycles. The van der Waals surface area contributed by atoms with Crippen LogP contribution >= 0.6 is 0 Å². The first kappa shape index (κ1) is 21.1. The van der Waals surface area contributed by atoms with Gasteiger partial charge in [-0.3, -0.25) is 9.36 Å². The third kappa shape index (κ3) is 4.32. The lowest BCUT2D eigenvalue weighted by Gasteiger charge is -2.10. The first-order valence-electron chi connectivity index (χ1n) is 9.60. The molecule has 4 aromatic rings. The van der Waals surface area contributed by atoms with Gasteiger partial charge in [0, 0.05) is 6.54 Å². The summed E-state index contributed by atoms with van der Waals surface area (Å²) in [7, 11) is 0. The highest BCUT2D eigenvalue weighted by Gasteiger charge is 2.30. The number of nitriles is 1. The van der Waals surface area contributed by atoms with Gasteiger partial charge in [-0.1, -0.05) is 12.1 Å². The molecule has 162 valence electrons. The maximum Gasteiger partial charge on any atom is 0.416 e. The fourth-order valence-electron chi connectivity index (χ4n) is 3.19. The van der Waals surface area contributed by atoms with Crippen molar-refractivity contribution in [1.29, 1.82) is 5.26 Å². The third-order valence-electron chi connectivity index (χ3n) is 4.75. The number of benzene rings is 2. The van der Waals surface area contributed by atoms with E-state index in [4.69, 9.17) is 10.00 Å². The number of aryl methyl sites for hydroxylation is 1. The molecule has 2 aromatic heterocycles. The molecule has 0 N–H and O–H groups in total. The van der Waals surface area contributed by atoms with Crippen LogP contribution in [0.1, 0.15) is 17.5 Å². The van der Waals surface area contributed by atoms with E-state index < -0.39 is 11.7 Å². The number of hydrogen-bond acceptors (Lipinski definition) is 5. The summed E-state index contributed by atoms with van der Waals surface area (Å²) in [5.74, 6) is 0.562. The maximum atomic E-state index is 13.0. The zero-order valence-electron chi connectivity index (χ0n) is 16.6. The predicted molar refractivity (Wildman–Crippen MR) is 109 cm³/mol. The molecule has 0 aliphatic carbocycles. The minimum atomic E-state index is -4.49. The van der Waals surface area contributed by atoms with E-state index in [-0.39, 0.29) is 22.3 Å². The summed E-state index contributed by atoms with van der Waals surface area (Å²) in [6.07, 6.45) is -1.35. The lowest BCUT2D eigenvalue weighted by Crippen LogP contribution is -2.21. The number of alkyl halides is 3. The summed E-state index contributed by atoms with van der Waals surface area (Å²) >= 11 is 0. The Bertz CT molecular complexity index is 1370. The minimum Gasteiger partial charge on any atom is -0.493 e. The van der Waals surface area contributed by atoms with Crippen LogP contribution in [0.5, 0.6) is 5.75 Å². The molecular formula is C22H16F3N5O2. The van der Waals surface area contributed by atoms with Gasteiger partial charge < -0.3 is 4.74 Å². The molecule has 0 fully saturated rings. The molecule has 0 amide bonds. The fourth-order valence-corrected chi connectivity index (χ4v) is 3.19.